The maximum absolute atomic E-state index is 11.6. The molecule has 1 amide bonds. The Morgan fingerprint density at radius 1 is 1.37 bits per heavy atom. The van der Waals surface area contributed by atoms with Crippen LogP contribution >= 0.6 is 11.6 Å². The van der Waals surface area contributed by atoms with Crippen LogP contribution < -0.4 is 10.1 Å². The van der Waals surface area contributed by atoms with Gasteiger partial charge in [0.05, 0.1) is 0 Å². The number of halogens is 1. The van der Waals surface area contributed by atoms with Crippen molar-refractivity contribution in [3.05, 3.63) is 35.0 Å². The van der Waals surface area contributed by atoms with Crippen molar-refractivity contribution < 1.29 is 14.2 Å². The van der Waals surface area contributed by atoms with E-state index in [4.69, 9.17) is 16.3 Å². The van der Waals surface area contributed by atoms with Gasteiger partial charge in [0.15, 0.2) is 6.61 Å². The van der Waals surface area contributed by atoms with Crippen LogP contribution in [-0.4, -0.2) is 22.8 Å². The van der Waals surface area contributed by atoms with Crippen LogP contribution in [-0.2, 0) is 11.2 Å². The number of hydrogen-bond donors (Lipinski definition) is 1. The smallest absolute Gasteiger partial charge is 0.263 e. The molecule has 0 fully saturated rings. The number of aromatic nitrogens is 2. The molecule has 0 unspecified atom stereocenters. The lowest BCUT2D eigenvalue weighted by molar-refractivity contribution is -0.118. The summed E-state index contributed by atoms with van der Waals surface area (Å²) < 4.78 is 9.84. The number of hydrogen-bond acceptors (Lipinski definition) is 5. The van der Waals surface area contributed by atoms with Crippen LogP contribution in [0.3, 0.4) is 0 Å². The minimum Gasteiger partial charge on any atom is -0.484 e. The van der Waals surface area contributed by atoms with Gasteiger partial charge >= 0.3 is 0 Å². The second-order valence-corrected chi connectivity index (χ2v) is 4.14. The molecule has 1 aromatic carbocycles. The van der Waals surface area contributed by atoms with E-state index < -0.39 is 0 Å². The molecule has 0 spiro atoms. The molecule has 19 heavy (non-hydrogen) atoms. The summed E-state index contributed by atoms with van der Waals surface area (Å²) in [6.45, 7) is 1.76. The van der Waals surface area contributed by atoms with Gasteiger partial charge < -0.3 is 10.1 Å². The quantitative estimate of drug-likeness (QED) is 0.910. The predicted molar refractivity (Wildman–Crippen MR) is 69.3 cm³/mol. The Bertz CT molecular complexity index is 554. The Morgan fingerprint density at radius 3 is 2.79 bits per heavy atom. The molecule has 0 aliphatic heterocycles. The van der Waals surface area contributed by atoms with E-state index in [0.717, 1.165) is 0 Å². The molecule has 2 rings (SSSR count). The maximum Gasteiger partial charge on any atom is 0.263 e. The van der Waals surface area contributed by atoms with Crippen molar-refractivity contribution in [1.82, 2.24) is 10.3 Å². The Hall–Kier alpha value is -2.08. The van der Waals surface area contributed by atoms with E-state index in [1.807, 2.05) is 6.92 Å². The summed E-state index contributed by atoms with van der Waals surface area (Å²) in [4.78, 5) is 11.6. The molecule has 0 bridgehead atoms. The Kier molecular flexibility index (Phi) is 4.35. The van der Waals surface area contributed by atoms with Crippen molar-refractivity contribution in [3.63, 3.8) is 0 Å². The monoisotopic (exact) mass is 281 g/mol. The minimum absolute atomic E-state index is 0.127. The lowest BCUT2D eigenvalue weighted by Gasteiger charge is -2.05. The van der Waals surface area contributed by atoms with E-state index in [1.165, 1.54) is 0 Å². The van der Waals surface area contributed by atoms with Gasteiger partial charge in [0.1, 0.15) is 11.4 Å². The lowest BCUT2D eigenvalue weighted by Crippen LogP contribution is -2.21. The number of aryl methyl sites for hydroxylation is 1. The summed E-state index contributed by atoms with van der Waals surface area (Å²) in [6, 6.07) is 6.74. The first kappa shape index (κ1) is 13.4. The molecule has 100 valence electrons. The van der Waals surface area contributed by atoms with Crippen molar-refractivity contribution in [2.75, 3.05) is 11.9 Å². The molecular weight excluding hydrogens is 270 g/mol. The number of ether oxygens (including phenoxy) is 1. The molecule has 1 aromatic heterocycles. The molecule has 0 saturated heterocycles. The second kappa shape index (κ2) is 6.19. The van der Waals surface area contributed by atoms with Gasteiger partial charge in [-0.3, -0.25) is 4.79 Å². The number of anilines is 1. The highest BCUT2D eigenvalue weighted by Crippen LogP contribution is 2.15. The molecule has 0 aliphatic carbocycles. The van der Waals surface area contributed by atoms with Crippen molar-refractivity contribution in [1.29, 1.82) is 0 Å². The number of amides is 1. The van der Waals surface area contributed by atoms with Gasteiger partial charge in [-0.1, -0.05) is 23.7 Å². The zero-order valence-corrected chi connectivity index (χ0v) is 11.0. The molecule has 6 nitrogen and oxygen atoms in total. The van der Waals surface area contributed by atoms with Gasteiger partial charge in [0.2, 0.25) is 5.82 Å². The van der Waals surface area contributed by atoms with Crippen LogP contribution in [0, 0.1) is 0 Å². The average Bonchev–Trinajstić information content (AvgIpc) is 2.85. The van der Waals surface area contributed by atoms with Crippen LogP contribution in [0.15, 0.2) is 28.9 Å². The molecule has 1 heterocycles. The molecular formula is C12H12ClN3O3. The van der Waals surface area contributed by atoms with Crippen LogP contribution in [0.2, 0.25) is 5.02 Å². The van der Waals surface area contributed by atoms with Crippen molar-refractivity contribution >= 4 is 23.3 Å². The molecule has 0 radical (unpaired) electrons. The molecule has 0 atom stereocenters. The van der Waals surface area contributed by atoms with Crippen molar-refractivity contribution in [2.45, 2.75) is 13.3 Å². The highest BCUT2D eigenvalue weighted by molar-refractivity contribution is 6.30. The zero-order chi connectivity index (χ0) is 13.7. The third-order valence-corrected chi connectivity index (χ3v) is 2.58. The molecule has 7 heteroatoms. The Morgan fingerprint density at radius 2 is 2.11 bits per heavy atom. The van der Waals surface area contributed by atoms with Gasteiger partial charge in [0.25, 0.3) is 5.91 Å². The number of nitrogens with one attached hydrogen (secondary N) is 1. The third kappa shape index (κ3) is 3.69. The fourth-order valence-corrected chi connectivity index (χ4v) is 1.51. The van der Waals surface area contributed by atoms with Crippen molar-refractivity contribution in [2.24, 2.45) is 0 Å². The van der Waals surface area contributed by atoms with Gasteiger partial charge in [-0.05, 0) is 35.8 Å². The van der Waals surface area contributed by atoms with E-state index >= 15 is 0 Å². The molecule has 0 aliphatic rings. The average molecular weight is 282 g/mol. The topological polar surface area (TPSA) is 77.3 Å². The fourth-order valence-electron chi connectivity index (χ4n) is 1.38. The number of benzene rings is 1. The SMILES string of the molecule is CCc1nonc1NC(=O)COc1ccc(Cl)cc1. The zero-order valence-electron chi connectivity index (χ0n) is 10.2. The van der Waals surface area contributed by atoms with Crippen LogP contribution in [0.25, 0.3) is 0 Å². The first-order valence-corrected chi connectivity index (χ1v) is 6.06. The van der Waals surface area contributed by atoms with E-state index in [1.54, 1.807) is 24.3 Å². The summed E-state index contributed by atoms with van der Waals surface area (Å²) in [5, 5.41) is 10.4. The highest BCUT2D eigenvalue weighted by Gasteiger charge is 2.11. The molecule has 1 N–H and O–H groups in total. The normalized spacial score (nSPS) is 10.2. The fraction of sp³-hybridized carbons (Fsp3) is 0.250. The first-order chi connectivity index (χ1) is 9.19. The van der Waals surface area contributed by atoms with Crippen molar-refractivity contribution in [3.8, 4) is 5.75 Å². The Labute approximate surface area is 114 Å². The first-order valence-electron chi connectivity index (χ1n) is 5.68. The van der Waals surface area contributed by atoms with E-state index in [0.29, 0.717) is 28.7 Å². The number of rotatable bonds is 5. The molecule has 0 saturated carbocycles. The summed E-state index contributed by atoms with van der Waals surface area (Å²) in [5.74, 6) is 0.557. The maximum atomic E-state index is 11.6. The minimum atomic E-state index is -0.333. The number of carbonyl (C=O) groups excluding carboxylic acids is 1. The third-order valence-electron chi connectivity index (χ3n) is 2.33. The van der Waals surface area contributed by atoms with Crippen LogP contribution in [0.5, 0.6) is 5.75 Å². The Balaban J connectivity index is 1.86. The summed E-state index contributed by atoms with van der Waals surface area (Å²) in [5.41, 5.74) is 0.597. The second-order valence-electron chi connectivity index (χ2n) is 3.70. The number of carbonyl (C=O) groups is 1. The summed E-state index contributed by atoms with van der Waals surface area (Å²) >= 11 is 5.74. The van der Waals surface area contributed by atoms with E-state index in [9.17, 15) is 4.79 Å². The van der Waals surface area contributed by atoms with Gasteiger partial charge in [-0.15, -0.1) is 0 Å². The predicted octanol–water partition coefficient (Wildman–Crippen LogP) is 2.30. The lowest BCUT2D eigenvalue weighted by atomic mass is 10.3. The standard InChI is InChI=1S/C12H12ClN3O3/c1-2-10-12(16-19-15-10)14-11(17)7-18-9-5-3-8(13)4-6-9/h3-6H,2,7H2,1H3,(H,14,16,17). The van der Waals surface area contributed by atoms with Crippen LogP contribution in [0.4, 0.5) is 5.82 Å². The highest BCUT2D eigenvalue weighted by atomic mass is 35.5. The summed E-state index contributed by atoms with van der Waals surface area (Å²) in [7, 11) is 0. The number of nitrogens with zero attached hydrogens (tertiary/aromatic N) is 2. The van der Waals surface area contributed by atoms with Gasteiger partial charge in [0, 0.05) is 5.02 Å². The largest absolute Gasteiger partial charge is 0.484 e. The van der Waals surface area contributed by atoms with Gasteiger partial charge in [-0.2, -0.15) is 0 Å². The van der Waals surface area contributed by atoms with E-state index in [-0.39, 0.29) is 12.5 Å². The molecule has 2 aromatic rings. The van der Waals surface area contributed by atoms with E-state index in [2.05, 4.69) is 20.3 Å². The van der Waals surface area contributed by atoms with Crippen LogP contribution in [0.1, 0.15) is 12.6 Å². The van der Waals surface area contributed by atoms with Gasteiger partial charge in [-0.25, -0.2) is 4.63 Å². The summed E-state index contributed by atoms with van der Waals surface area (Å²) in [6.07, 6.45) is 0.622.